The SMILES string of the molecule is c1ccc(-c2nc3cc4c(cc3o2)oc2ccc(N(c3ccc5c(c3)sc3ccccc35)c3cccc5c6ccccc6n(-c6ccccc6)c35)cc24)cc1. The molecule has 0 amide bonds. The molecule has 12 aromatic rings. The van der Waals surface area contributed by atoms with Crippen LogP contribution >= 0.6 is 11.3 Å². The third kappa shape index (κ3) is 4.62. The van der Waals surface area contributed by atoms with E-state index in [0.717, 1.165) is 61.3 Å². The van der Waals surface area contributed by atoms with Crippen molar-refractivity contribution < 1.29 is 8.83 Å². The van der Waals surface area contributed by atoms with Gasteiger partial charge in [-0.3, -0.25) is 0 Å². The quantitative estimate of drug-likeness (QED) is 0.177. The Labute approximate surface area is 318 Å². The maximum Gasteiger partial charge on any atom is 0.227 e. The van der Waals surface area contributed by atoms with E-state index in [1.54, 1.807) is 0 Å². The fraction of sp³-hybridized carbons (Fsp3) is 0. The number of hydrogen-bond donors (Lipinski definition) is 0. The van der Waals surface area contributed by atoms with E-state index < -0.39 is 0 Å². The van der Waals surface area contributed by atoms with Crippen LogP contribution in [0.25, 0.3) is 92.2 Å². The van der Waals surface area contributed by atoms with E-state index in [-0.39, 0.29) is 0 Å². The van der Waals surface area contributed by atoms with E-state index in [4.69, 9.17) is 13.8 Å². The zero-order chi connectivity index (χ0) is 36.0. The standard InChI is InChI=1S/C49H29N3O2S/c1-3-12-30(13-4-1)49-50-40-28-39-38-26-32(23-25-43(38)53-44(39)29-45(40)54-49)51(33-22-24-36-35-17-8-10-21-46(35)55-47(36)27-33)42-20-11-18-37-34-16-7-9-19-41(34)52(48(37)42)31-14-5-2-6-15-31/h1-29H. The molecule has 258 valence electrons. The Balaban J connectivity index is 1.13. The van der Waals surface area contributed by atoms with Crippen LogP contribution in [0.5, 0.6) is 0 Å². The van der Waals surface area contributed by atoms with Crippen LogP contribution in [-0.2, 0) is 0 Å². The van der Waals surface area contributed by atoms with E-state index in [0.29, 0.717) is 11.5 Å². The Morgan fingerprint density at radius 2 is 1.18 bits per heavy atom. The first-order valence-corrected chi connectivity index (χ1v) is 19.2. The monoisotopic (exact) mass is 723 g/mol. The van der Waals surface area contributed by atoms with Gasteiger partial charge in [-0.25, -0.2) is 4.98 Å². The molecule has 55 heavy (non-hydrogen) atoms. The van der Waals surface area contributed by atoms with Gasteiger partial charge in [0.2, 0.25) is 5.89 Å². The highest BCUT2D eigenvalue weighted by Crippen LogP contribution is 2.46. The number of anilines is 3. The van der Waals surface area contributed by atoms with Gasteiger partial charge in [-0.05, 0) is 78.9 Å². The second kappa shape index (κ2) is 11.7. The number of para-hydroxylation sites is 3. The van der Waals surface area contributed by atoms with Crippen LogP contribution in [0.1, 0.15) is 0 Å². The lowest BCUT2D eigenvalue weighted by Crippen LogP contribution is -2.11. The predicted octanol–water partition coefficient (Wildman–Crippen LogP) is 14.3. The number of nitrogens with zero attached hydrogens (tertiary/aromatic N) is 3. The van der Waals surface area contributed by atoms with E-state index in [9.17, 15) is 0 Å². The Hall–Kier alpha value is -7.15. The summed E-state index contributed by atoms with van der Waals surface area (Å²) in [7, 11) is 0. The fourth-order valence-corrected chi connectivity index (χ4v) is 9.48. The first kappa shape index (κ1) is 30.3. The second-order valence-corrected chi connectivity index (χ2v) is 15.0. The van der Waals surface area contributed by atoms with Gasteiger partial charge >= 0.3 is 0 Å². The molecule has 0 atom stereocenters. The summed E-state index contributed by atoms with van der Waals surface area (Å²) in [5, 5.41) is 6.97. The molecule has 0 N–H and O–H groups in total. The van der Waals surface area contributed by atoms with Crippen molar-refractivity contribution in [2.45, 2.75) is 0 Å². The molecular formula is C49H29N3O2S. The molecule has 0 spiro atoms. The van der Waals surface area contributed by atoms with Gasteiger partial charge in [-0.1, -0.05) is 91.0 Å². The molecule has 4 aromatic heterocycles. The van der Waals surface area contributed by atoms with Crippen LogP contribution in [0.2, 0.25) is 0 Å². The summed E-state index contributed by atoms with van der Waals surface area (Å²) < 4.78 is 17.7. The first-order valence-electron chi connectivity index (χ1n) is 18.4. The fourth-order valence-electron chi connectivity index (χ4n) is 8.34. The molecular weight excluding hydrogens is 695 g/mol. The van der Waals surface area contributed by atoms with Crippen molar-refractivity contribution in [1.82, 2.24) is 9.55 Å². The summed E-state index contributed by atoms with van der Waals surface area (Å²) in [6.07, 6.45) is 0. The lowest BCUT2D eigenvalue weighted by molar-refractivity contribution is 0.617. The van der Waals surface area contributed by atoms with Crippen LogP contribution in [0.3, 0.4) is 0 Å². The minimum atomic E-state index is 0.595. The highest BCUT2D eigenvalue weighted by Gasteiger charge is 2.23. The van der Waals surface area contributed by atoms with Crippen molar-refractivity contribution in [2.24, 2.45) is 0 Å². The Kier molecular flexibility index (Phi) is 6.44. The molecule has 0 radical (unpaired) electrons. The van der Waals surface area contributed by atoms with E-state index >= 15 is 0 Å². The number of hydrogen-bond acceptors (Lipinski definition) is 5. The van der Waals surface area contributed by atoms with Crippen molar-refractivity contribution in [1.29, 1.82) is 0 Å². The van der Waals surface area contributed by atoms with Gasteiger partial charge in [-0.15, -0.1) is 11.3 Å². The molecule has 6 heteroatoms. The van der Waals surface area contributed by atoms with Crippen molar-refractivity contribution in [3.05, 3.63) is 176 Å². The maximum atomic E-state index is 6.49. The van der Waals surface area contributed by atoms with Gasteiger partial charge in [0.05, 0.1) is 16.7 Å². The number of furan rings is 1. The Morgan fingerprint density at radius 3 is 2.07 bits per heavy atom. The van der Waals surface area contributed by atoms with E-state index in [2.05, 4.69) is 149 Å². The third-order valence-electron chi connectivity index (χ3n) is 10.8. The molecule has 0 unspecified atom stereocenters. The lowest BCUT2D eigenvalue weighted by Gasteiger charge is -2.27. The molecule has 0 bridgehead atoms. The van der Waals surface area contributed by atoms with Crippen LogP contribution < -0.4 is 4.90 Å². The van der Waals surface area contributed by atoms with Gasteiger partial charge in [0.25, 0.3) is 0 Å². The predicted molar refractivity (Wildman–Crippen MR) is 229 cm³/mol. The first-order chi connectivity index (χ1) is 27.2. The molecule has 0 aliphatic rings. The number of benzene rings is 8. The van der Waals surface area contributed by atoms with Crippen LogP contribution in [-0.4, -0.2) is 9.55 Å². The molecule has 0 aliphatic carbocycles. The number of oxazole rings is 1. The Bertz CT molecular complexity index is 3450. The topological polar surface area (TPSA) is 47.3 Å². The average Bonchev–Trinajstić information content (AvgIpc) is 4.01. The summed E-state index contributed by atoms with van der Waals surface area (Å²) >= 11 is 1.84. The lowest BCUT2D eigenvalue weighted by atomic mass is 10.1. The zero-order valence-electron chi connectivity index (χ0n) is 29.3. The van der Waals surface area contributed by atoms with Gasteiger partial charge in [-0.2, -0.15) is 0 Å². The maximum absolute atomic E-state index is 6.49. The molecule has 0 saturated heterocycles. The van der Waals surface area contributed by atoms with Crippen molar-refractivity contribution in [3.8, 4) is 17.1 Å². The third-order valence-corrected chi connectivity index (χ3v) is 11.9. The van der Waals surface area contributed by atoms with Crippen LogP contribution in [0.15, 0.2) is 185 Å². The molecule has 0 aliphatic heterocycles. The minimum Gasteiger partial charge on any atom is -0.456 e. The molecule has 8 aromatic carbocycles. The number of thiophene rings is 1. The molecule has 0 saturated carbocycles. The van der Waals surface area contributed by atoms with Gasteiger partial charge in [0.1, 0.15) is 16.7 Å². The van der Waals surface area contributed by atoms with E-state index in [1.807, 2.05) is 47.7 Å². The minimum absolute atomic E-state index is 0.595. The van der Waals surface area contributed by atoms with Gasteiger partial charge in [0, 0.05) is 70.4 Å². The van der Waals surface area contributed by atoms with E-state index in [1.165, 1.54) is 36.5 Å². The van der Waals surface area contributed by atoms with Crippen molar-refractivity contribution in [2.75, 3.05) is 4.90 Å². The molecule has 4 heterocycles. The normalized spacial score (nSPS) is 12.0. The summed E-state index contributed by atoms with van der Waals surface area (Å²) in [6, 6.07) is 62.2. The molecule has 12 rings (SSSR count). The van der Waals surface area contributed by atoms with Crippen molar-refractivity contribution in [3.63, 3.8) is 0 Å². The average molecular weight is 724 g/mol. The number of aromatic nitrogens is 2. The number of rotatable bonds is 5. The number of fused-ring (bicyclic) bond motifs is 10. The zero-order valence-corrected chi connectivity index (χ0v) is 30.1. The largest absolute Gasteiger partial charge is 0.456 e. The van der Waals surface area contributed by atoms with Gasteiger partial charge < -0.3 is 18.3 Å². The summed E-state index contributed by atoms with van der Waals surface area (Å²) in [6.45, 7) is 0. The smallest absolute Gasteiger partial charge is 0.227 e. The van der Waals surface area contributed by atoms with Crippen molar-refractivity contribution >= 4 is 103 Å². The Morgan fingerprint density at radius 1 is 0.473 bits per heavy atom. The van der Waals surface area contributed by atoms with Crippen LogP contribution in [0, 0.1) is 0 Å². The summed E-state index contributed by atoms with van der Waals surface area (Å²) in [5.74, 6) is 0.595. The summed E-state index contributed by atoms with van der Waals surface area (Å²) in [4.78, 5) is 7.30. The molecule has 5 nitrogen and oxygen atoms in total. The highest BCUT2D eigenvalue weighted by molar-refractivity contribution is 7.25. The molecule has 0 fully saturated rings. The second-order valence-electron chi connectivity index (χ2n) is 14.0. The highest BCUT2D eigenvalue weighted by atomic mass is 32.1. The van der Waals surface area contributed by atoms with Gasteiger partial charge in [0.15, 0.2) is 5.58 Å². The summed E-state index contributed by atoms with van der Waals surface area (Å²) in [5.41, 5.74) is 10.6. The van der Waals surface area contributed by atoms with Crippen LogP contribution in [0.4, 0.5) is 17.1 Å².